The van der Waals surface area contributed by atoms with Crippen LogP contribution >= 0.6 is 11.8 Å². The van der Waals surface area contributed by atoms with Crippen LogP contribution in [0.25, 0.3) is 0 Å². The number of nitrogens with one attached hydrogen (secondary N) is 1. The van der Waals surface area contributed by atoms with Gasteiger partial charge in [-0.2, -0.15) is 11.8 Å². The maximum atomic E-state index is 5.57. The molecule has 0 aliphatic carbocycles. The van der Waals surface area contributed by atoms with E-state index in [9.17, 15) is 0 Å². The van der Waals surface area contributed by atoms with Gasteiger partial charge in [-0.1, -0.05) is 0 Å². The second-order valence-electron chi connectivity index (χ2n) is 3.20. The fourth-order valence-corrected chi connectivity index (χ4v) is 2.91. The predicted molar refractivity (Wildman–Crippen MR) is 47.8 cm³/mol. The van der Waals surface area contributed by atoms with E-state index in [-0.39, 0.29) is 0 Å². The lowest BCUT2D eigenvalue weighted by molar-refractivity contribution is 0.0487. The molecular weight excluding hydrogens is 158 g/mol. The molecule has 1 atom stereocenters. The van der Waals surface area contributed by atoms with Crippen LogP contribution in [0.5, 0.6) is 0 Å². The van der Waals surface area contributed by atoms with E-state index < -0.39 is 0 Å². The summed E-state index contributed by atoms with van der Waals surface area (Å²) in [4.78, 5) is 0. The Morgan fingerprint density at radius 1 is 1.27 bits per heavy atom. The van der Waals surface area contributed by atoms with Gasteiger partial charge in [0.1, 0.15) is 6.23 Å². The molecule has 2 saturated heterocycles. The summed E-state index contributed by atoms with van der Waals surface area (Å²) in [5.74, 6) is 3.44. The minimum Gasteiger partial charge on any atom is -0.362 e. The monoisotopic (exact) mass is 173 g/mol. The van der Waals surface area contributed by atoms with E-state index in [2.05, 4.69) is 17.1 Å². The lowest BCUT2D eigenvalue weighted by Crippen LogP contribution is -2.33. The topological polar surface area (TPSA) is 21.3 Å². The number of hydrogen-bond donors (Lipinski definition) is 1. The second kappa shape index (κ2) is 3.78. The molecule has 2 rings (SSSR count). The standard InChI is InChI=1S/C8H15NOS/c1-5-11-6-2-7(1)8-9-3-4-10-8/h7-9H,1-6H2. The molecule has 2 aliphatic heterocycles. The van der Waals surface area contributed by atoms with Crippen molar-refractivity contribution >= 4 is 11.8 Å². The van der Waals surface area contributed by atoms with Crippen molar-refractivity contribution in [2.24, 2.45) is 5.92 Å². The van der Waals surface area contributed by atoms with Gasteiger partial charge in [0.05, 0.1) is 6.61 Å². The largest absolute Gasteiger partial charge is 0.362 e. The average molecular weight is 173 g/mol. The van der Waals surface area contributed by atoms with Crippen molar-refractivity contribution in [2.45, 2.75) is 19.1 Å². The smallest absolute Gasteiger partial charge is 0.111 e. The maximum absolute atomic E-state index is 5.57. The number of ether oxygens (including phenoxy) is 1. The highest BCUT2D eigenvalue weighted by molar-refractivity contribution is 7.99. The minimum atomic E-state index is 0.385. The summed E-state index contributed by atoms with van der Waals surface area (Å²) in [6, 6.07) is 0. The first-order chi connectivity index (χ1) is 5.47. The Kier molecular flexibility index (Phi) is 2.72. The molecule has 0 saturated carbocycles. The van der Waals surface area contributed by atoms with Crippen molar-refractivity contribution in [3.05, 3.63) is 0 Å². The predicted octanol–water partition coefficient (Wildman–Crippen LogP) is 1.08. The SMILES string of the molecule is C1COC(C2CCSCC2)N1. The zero-order valence-electron chi connectivity index (χ0n) is 6.71. The lowest BCUT2D eigenvalue weighted by Gasteiger charge is -2.26. The molecule has 0 aromatic heterocycles. The van der Waals surface area contributed by atoms with Crippen LogP contribution in [-0.4, -0.2) is 30.9 Å². The van der Waals surface area contributed by atoms with Gasteiger partial charge in [0.15, 0.2) is 0 Å². The van der Waals surface area contributed by atoms with Crippen molar-refractivity contribution in [1.29, 1.82) is 0 Å². The third kappa shape index (κ3) is 1.89. The Morgan fingerprint density at radius 2 is 2.09 bits per heavy atom. The molecule has 2 aliphatic rings. The van der Waals surface area contributed by atoms with E-state index in [0.29, 0.717) is 6.23 Å². The summed E-state index contributed by atoms with van der Waals surface area (Å²) in [6.45, 7) is 1.96. The van der Waals surface area contributed by atoms with Crippen LogP contribution in [0.2, 0.25) is 0 Å². The highest BCUT2D eigenvalue weighted by atomic mass is 32.2. The van der Waals surface area contributed by atoms with Crippen molar-refractivity contribution < 1.29 is 4.74 Å². The Hall–Kier alpha value is 0.270. The van der Waals surface area contributed by atoms with Crippen LogP contribution in [0, 0.1) is 5.92 Å². The summed E-state index contributed by atoms with van der Waals surface area (Å²) < 4.78 is 5.57. The van der Waals surface area contributed by atoms with E-state index in [1.807, 2.05) is 0 Å². The third-order valence-corrected chi connectivity index (χ3v) is 3.49. The van der Waals surface area contributed by atoms with Gasteiger partial charge in [0, 0.05) is 12.5 Å². The molecule has 0 radical (unpaired) electrons. The Balaban J connectivity index is 1.82. The fraction of sp³-hybridized carbons (Fsp3) is 1.00. The van der Waals surface area contributed by atoms with Gasteiger partial charge in [0.25, 0.3) is 0 Å². The van der Waals surface area contributed by atoms with E-state index in [1.54, 1.807) is 0 Å². The molecule has 2 nitrogen and oxygen atoms in total. The lowest BCUT2D eigenvalue weighted by atomic mass is 10.0. The molecular formula is C8H15NOS. The van der Waals surface area contributed by atoms with Gasteiger partial charge in [0.2, 0.25) is 0 Å². The highest BCUT2D eigenvalue weighted by Gasteiger charge is 2.26. The van der Waals surface area contributed by atoms with E-state index in [4.69, 9.17) is 4.74 Å². The summed E-state index contributed by atoms with van der Waals surface area (Å²) in [6.07, 6.45) is 3.06. The highest BCUT2D eigenvalue weighted by Crippen LogP contribution is 2.26. The molecule has 2 heterocycles. The number of thioether (sulfide) groups is 1. The van der Waals surface area contributed by atoms with Gasteiger partial charge in [-0.3, -0.25) is 5.32 Å². The Morgan fingerprint density at radius 3 is 2.73 bits per heavy atom. The average Bonchev–Trinajstić information content (AvgIpc) is 2.58. The molecule has 3 heteroatoms. The fourth-order valence-electron chi connectivity index (χ4n) is 1.77. The van der Waals surface area contributed by atoms with Crippen molar-refractivity contribution in [2.75, 3.05) is 24.7 Å². The quantitative estimate of drug-likeness (QED) is 0.641. The van der Waals surface area contributed by atoms with Gasteiger partial charge >= 0.3 is 0 Å². The summed E-state index contributed by atoms with van der Waals surface area (Å²) >= 11 is 2.07. The molecule has 1 N–H and O–H groups in total. The second-order valence-corrected chi connectivity index (χ2v) is 4.42. The molecule has 0 aromatic carbocycles. The first-order valence-electron chi connectivity index (χ1n) is 4.39. The van der Waals surface area contributed by atoms with Crippen LogP contribution in [0.3, 0.4) is 0 Å². The number of hydrogen-bond acceptors (Lipinski definition) is 3. The van der Waals surface area contributed by atoms with Crippen molar-refractivity contribution in [1.82, 2.24) is 5.32 Å². The van der Waals surface area contributed by atoms with Crippen LogP contribution in [0.15, 0.2) is 0 Å². The normalized spacial score (nSPS) is 34.4. The van der Waals surface area contributed by atoms with Crippen LogP contribution in [0.1, 0.15) is 12.8 Å². The summed E-state index contributed by atoms with van der Waals surface area (Å²) in [5.41, 5.74) is 0. The van der Waals surface area contributed by atoms with Gasteiger partial charge in [-0.15, -0.1) is 0 Å². The molecule has 2 fully saturated rings. The molecule has 0 amide bonds. The van der Waals surface area contributed by atoms with Crippen LogP contribution in [0.4, 0.5) is 0 Å². The van der Waals surface area contributed by atoms with Gasteiger partial charge in [-0.25, -0.2) is 0 Å². The molecule has 0 aromatic rings. The van der Waals surface area contributed by atoms with E-state index in [1.165, 1.54) is 24.3 Å². The third-order valence-electron chi connectivity index (χ3n) is 2.44. The molecule has 1 unspecified atom stereocenters. The van der Waals surface area contributed by atoms with Gasteiger partial charge in [-0.05, 0) is 24.3 Å². The van der Waals surface area contributed by atoms with Crippen molar-refractivity contribution in [3.8, 4) is 0 Å². The van der Waals surface area contributed by atoms with Crippen molar-refractivity contribution in [3.63, 3.8) is 0 Å². The first-order valence-corrected chi connectivity index (χ1v) is 5.55. The van der Waals surface area contributed by atoms with Crippen LogP contribution < -0.4 is 5.32 Å². The first kappa shape index (κ1) is 7.90. The van der Waals surface area contributed by atoms with E-state index >= 15 is 0 Å². The summed E-state index contributed by atoms with van der Waals surface area (Å²) in [5, 5.41) is 3.39. The Labute approximate surface area is 72.1 Å². The van der Waals surface area contributed by atoms with Crippen LogP contribution in [-0.2, 0) is 4.74 Å². The minimum absolute atomic E-state index is 0.385. The molecule has 11 heavy (non-hydrogen) atoms. The number of rotatable bonds is 1. The summed E-state index contributed by atoms with van der Waals surface area (Å²) in [7, 11) is 0. The maximum Gasteiger partial charge on any atom is 0.111 e. The van der Waals surface area contributed by atoms with Gasteiger partial charge < -0.3 is 4.74 Å². The molecule has 64 valence electrons. The molecule has 0 spiro atoms. The zero-order valence-corrected chi connectivity index (χ0v) is 7.53. The molecule has 0 bridgehead atoms. The Bertz CT molecular complexity index is 119. The van der Waals surface area contributed by atoms with E-state index in [0.717, 1.165) is 19.1 Å². The zero-order chi connectivity index (χ0) is 7.52.